The number of amides is 1. The number of aryl methyl sites for hydroxylation is 1. The molecule has 1 aromatic heterocycles. The zero-order valence-electron chi connectivity index (χ0n) is 18.9. The average Bonchev–Trinajstić information content (AvgIpc) is 3.18. The summed E-state index contributed by atoms with van der Waals surface area (Å²) in [5.41, 5.74) is 1.47. The highest BCUT2D eigenvalue weighted by Crippen LogP contribution is 2.33. The summed E-state index contributed by atoms with van der Waals surface area (Å²) in [7, 11) is 1.87. The fraction of sp³-hybridized carbons (Fsp3) is 0.440. The minimum atomic E-state index is 0.0311. The van der Waals surface area contributed by atoms with E-state index in [0.29, 0.717) is 30.3 Å². The Hall–Kier alpha value is -3.10. The Morgan fingerprint density at radius 2 is 1.85 bits per heavy atom. The van der Waals surface area contributed by atoms with E-state index in [1.807, 2.05) is 48.3 Å². The molecule has 0 spiro atoms. The Labute approximate surface area is 193 Å². The predicted octanol–water partition coefficient (Wildman–Crippen LogP) is 3.79. The van der Waals surface area contributed by atoms with Crippen LogP contribution >= 0.6 is 0 Å². The van der Waals surface area contributed by atoms with E-state index in [1.165, 1.54) is 0 Å². The first-order chi connectivity index (χ1) is 16.2. The van der Waals surface area contributed by atoms with Crippen molar-refractivity contribution >= 4 is 16.8 Å². The van der Waals surface area contributed by atoms with Crippen LogP contribution in [0.3, 0.4) is 0 Å². The van der Waals surface area contributed by atoms with Crippen LogP contribution < -0.4 is 9.47 Å². The number of carbonyl (C=O) groups is 1. The standard InChI is InChI=1S/C25H29N3O5/c1-27-24-19(17-26-27)15-18(25(29)28-9-2-10-28)16-23(24)33-22-5-3-20(4-6-22)31-13-14-32-21-7-11-30-12-8-21/h3-6,15-17,21H,2,7-14H2,1H3. The third-order valence-corrected chi connectivity index (χ3v) is 6.11. The second kappa shape index (κ2) is 9.80. The fourth-order valence-electron chi connectivity index (χ4n) is 4.13. The van der Waals surface area contributed by atoms with E-state index in [2.05, 4.69) is 5.10 Å². The lowest BCUT2D eigenvalue weighted by Gasteiger charge is -2.31. The molecule has 174 valence electrons. The summed E-state index contributed by atoms with van der Waals surface area (Å²) in [4.78, 5) is 14.6. The van der Waals surface area contributed by atoms with E-state index in [0.717, 1.165) is 62.2 Å². The molecular formula is C25H29N3O5. The van der Waals surface area contributed by atoms with Gasteiger partial charge in [0.25, 0.3) is 5.91 Å². The average molecular weight is 452 g/mol. The molecule has 2 aliphatic heterocycles. The summed E-state index contributed by atoms with van der Waals surface area (Å²) < 4.78 is 24.9. The van der Waals surface area contributed by atoms with Crippen LogP contribution in [0.25, 0.3) is 10.9 Å². The molecule has 0 radical (unpaired) electrons. The summed E-state index contributed by atoms with van der Waals surface area (Å²) >= 11 is 0. The van der Waals surface area contributed by atoms with Crippen LogP contribution in [0.2, 0.25) is 0 Å². The molecule has 0 atom stereocenters. The highest BCUT2D eigenvalue weighted by molar-refractivity contribution is 6.00. The first kappa shape index (κ1) is 21.7. The van der Waals surface area contributed by atoms with Gasteiger partial charge in [-0.1, -0.05) is 0 Å². The molecule has 2 aromatic carbocycles. The summed E-state index contributed by atoms with van der Waals surface area (Å²) in [5.74, 6) is 2.06. The summed E-state index contributed by atoms with van der Waals surface area (Å²) in [6.07, 6.45) is 4.97. The molecular weight excluding hydrogens is 422 g/mol. The molecule has 2 aliphatic rings. The molecule has 0 aliphatic carbocycles. The van der Waals surface area contributed by atoms with Gasteiger partial charge in [0.1, 0.15) is 23.6 Å². The normalized spacial score (nSPS) is 16.6. The SMILES string of the molecule is Cn1ncc2cc(C(=O)N3CCC3)cc(Oc3ccc(OCCOC4CCOCC4)cc3)c21. The lowest BCUT2D eigenvalue weighted by Crippen LogP contribution is -2.42. The zero-order valence-corrected chi connectivity index (χ0v) is 18.9. The monoisotopic (exact) mass is 451 g/mol. The van der Waals surface area contributed by atoms with Gasteiger partial charge in [-0.05, 0) is 55.7 Å². The number of nitrogens with zero attached hydrogens (tertiary/aromatic N) is 3. The Morgan fingerprint density at radius 1 is 1.09 bits per heavy atom. The van der Waals surface area contributed by atoms with Crippen LogP contribution in [0.4, 0.5) is 0 Å². The van der Waals surface area contributed by atoms with Gasteiger partial charge in [0.2, 0.25) is 0 Å². The molecule has 2 fully saturated rings. The molecule has 1 amide bonds. The number of hydrogen-bond acceptors (Lipinski definition) is 6. The van der Waals surface area contributed by atoms with Crippen LogP contribution in [0, 0.1) is 0 Å². The van der Waals surface area contributed by atoms with E-state index in [-0.39, 0.29) is 12.0 Å². The number of rotatable bonds is 8. The van der Waals surface area contributed by atoms with Gasteiger partial charge in [-0.15, -0.1) is 0 Å². The van der Waals surface area contributed by atoms with Crippen molar-refractivity contribution < 1.29 is 23.7 Å². The Balaban J connectivity index is 1.23. The van der Waals surface area contributed by atoms with Crippen molar-refractivity contribution in [3.8, 4) is 17.2 Å². The molecule has 33 heavy (non-hydrogen) atoms. The largest absolute Gasteiger partial charge is 0.491 e. The van der Waals surface area contributed by atoms with E-state index in [4.69, 9.17) is 18.9 Å². The molecule has 0 unspecified atom stereocenters. The molecule has 0 saturated carbocycles. The number of likely N-dealkylation sites (tertiary alicyclic amines) is 1. The molecule has 5 rings (SSSR count). The predicted molar refractivity (Wildman–Crippen MR) is 123 cm³/mol. The summed E-state index contributed by atoms with van der Waals surface area (Å²) in [5, 5.41) is 5.22. The van der Waals surface area contributed by atoms with Crippen LogP contribution in [0.5, 0.6) is 17.2 Å². The van der Waals surface area contributed by atoms with Crippen molar-refractivity contribution in [3.63, 3.8) is 0 Å². The van der Waals surface area contributed by atoms with Gasteiger partial charge in [0, 0.05) is 44.3 Å². The maximum absolute atomic E-state index is 12.8. The van der Waals surface area contributed by atoms with Crippen LogP contribution in [-0.4, -0.2) is 66.2 Å². The number of benzene rings is 2. The van der Waals surface area contributed by atoms with Gasteiger partial charge < -0.3 is 23.8 Å². The third-order valence-electron chi connectivity index (χ3n) is 6.11. The van der Waals surface area contributed by atoms with Gasteiger partial charge in [-0.3, -0.25) is 9.48 Å². The third kappa shape index (κ3) is 4.96. The Kier molecular flexibility index (Phi) is 6.46. The molecule has 8 heteroatoms. The van der Waals surface area contributed by atoms with E-state index >= 15 is 0 Å². The number of carbonyl (C=O) groups excluding carboxylic acids is 1. The molecule has 2 saturated heterocycles. The van der Waals surface area contributed by atoms with Gasteiger partial charge in [0.15, 0.2) is 5.75 Å². The zero-order chi connectivity index (χ0) is 22.6. The van der Waals surface area contributed by atoms with Crippen LogP contribution in [0.15, 0.2) is 42.6 Å². The maximum atomic E-state index is 12.8. The van der Waals surface area contributed by atoms with Gasteiger partial charge >= 0.3 is 0 Å². The second-order valence-electron chi connectivity index (χ2n) is 8.43. The van der Waals surface area contributed by atoms with Gasteiger partial charge in [-0.25, -0.2) is 0 Å². The van der Waals surface area contributed by atoms with E-state index in [9.17, 15) is 4.79 Å². The van der Waals surface area contributed by atoms with E-state index < -0.39 is 0 Å². The molecule has 3 heterocycles. The van der Waals surface area contributed by atoms with Crippen LogP contribution in [-0.2, 0) is 16.5 Å². The number of aromatic nitrogens is 2. The second-order valence-corrected chi connectivity index (χ2v) is 8.43. The summed E-state index contributed by atoms with van der Waals surface area (Å²) in [6, 6.07) is 11.2. The number of fused-ring (bicyclic) bond motifs is 1. The van der Waals surface area contributed by atoms with Gasteiger partial charge in [-0.2, -0.15) is 5.10 Å². The molecule has 8 nitrogen and oxygen atoms in total. The minimum absolute atomic E-state index is 0.0311. The quantitative estimate of drug-likeness (QED) is 0.485. The Morgan fingerprint density at radius 3 is 2.58 bits per heavy atom. The fourth-order valence-corrected chi connectivity index (χ4v) is 4.13. The van der Waals surface area contributed by atoms with Crippen molar-refractivity contribution in [1.82, 2.24) is 14.7 Å². The summed E-state index contributed by atoms with van der Waals surface area (Å²) in [6.45, 7) is 4.21. The highest BCUT2D eigenvalue weighted by Gasteiger charge is 2.23. The lowest BCUT2D eigenvalue weighted by atomic mass is 10.1. The van der Waals surface area contributed by atoms with Crippen molar-refractivity contribution in [1.29, 1.82) is 0 Å². The van der Waals surface area contributed by atoms with Crippen molar-refractivity contribution in [2.75, 3.05) is 39.5 Å². The number of hydrogen-bond donors (Lipinski definition) is 0. The smallest absolute Gasteiger partial charge is 0.254 e. The first-order valence-corrected chi connectivity index (χ1v) is 11.5. The molecule has 0 bridgehead atoms. The van der Waals surface area contributed by atoms with Crippen LogP contribution in [0.1, 0.15) is 29.6 Å². The number of ether oxygens (including phenoxy) is 4. The minimum Gasteiger partial charge on any atom is -0.491 e. The van der Waals surface area contributed by atoms with Crippen molar-refractivity contribution in [3.05, 3.63) is 48.2 Å². The highest BCUT2D eigenvalue weighted by atomic mass is 16.5. The first-order valence-electron chi connectivity index (χ1n) is 11.5. The maximum Gasteiger partial charge on any atom is 0.254 e. The van der Waals surface area contributed by atoms with E-state index in [1.54, 1.807) is 10.9 Å². The molecule has 3 aromatic rings. The van der Waals surface area contributed by atoms with Crippen molar-refractivity contribution in [2.24, 2.45) is 7.05 Å². The lowest BCUT2D eigenvalue weighted by molar-refractivity contribution is -0.0388. The van der Waals surface area contributed by atoms with Gasteiger partial charge in [0.05, 0.1) is 18.9 Å². The molecule has 0 N–H and O–H groups in total. The van der Waals surface area contributed by atoms with Crippen molar-refractivity contribution in [2.45, 2.75) is 25.4 Å². The Bertz CT molecular complexity index is 1100. The topological polar surface area (TPSA) is 75.1 Å².